The van der Waals surface area contributed by atoms with Crippen molar-refractivity contribution in [2.24, 2.45) is 5.41 Å². The van der Waals surface area contributed by atoms with Crippen LogP contribution in [0.3, 0.4) is 0 Å². The summed E-state index contributed by atoms with van der Waals surface area (Å²) in [4.78, 5) is 58.4. The third kappa shape index (κ3) is 7.87. The molecular weight excluding hydrogens is 572 g/mol. The van der Waals surface area contributed by atoms with Crippen LogP contribution in [0, 0.1) is 12.0 Å². The monoisotopic (exact) mass is 608 g/mol. The lowest BCUT2D eigenvalue weighted by Crippen LogP contribution is -2.49. The molecule has 4 rings (SSSR count). The normalized spacial score (nSPS) is 11.9. The van der Waals surface area contributed by atoms with Gasteiger partial charge in [-0.25, -0.2) is 9.53 Å². The molecule has 1 heterocycles. The minimum absolute atomic E-state index is 0.206. The highest BCUT2D eigenvalue weighted by Crippen LogP contribution is 2.36. The van der Waals surface area contributed by atoms with Gasteiger partial charge in [-0.1, -0.05) is 65.9 Å². The Morgan fingerprint density at radius 2 is 1.33 bits per heavy atom. The molecule has 0 saturated carbocycles. The van der Waals surface area contributed by atoms with Gasteiger partial charge in [-0.3, -0.25) is 19.2 Å². The third-order valence-electron chi connectivity index (χ3n) is 6.96. The summed E-state index contributed by atoms with van der Waals surface area (Å²) in [5.41, 5.74) is -1.64. The van der Waals surface area contributed by atoms with Gasteiger partial charge in [-0.05, 0) is 71.2 Å². The van der Waals surface area contributed by atoms with E-state index in [-0.39, 0.29) is 18.5 Å². The Morgan fingerprint density at radius 3 is 1.87 bits per heavy atom. The summed E-state index contributed by atoms with van der Waals surface area (Å²) in [6, 6.07) is 20.5. The quantitative estimate of drug-likeness (QED) is 0.0934. The van der Waals surface area contributed by atoms with Crippen molar-refractivity contribution in [3.63, 3.8) is 0 Å². The molecule has 0 aliphatic carbocycles. The van der Waals surface area contributed by atoms with Crippen LogP contribution in [0.4, 0.5) is 5.69 Å². The van der Waals surface area contributed by atoms with Crippen molar-refractivity contribution in [1.82, 2.24) is 15.0 Å². The van der Waals surface area contributed by atoms with Gasteiger partial charge in [0, 0.05) is 18.5 Å². The Morgan fingerprint density at radius 1 is 0.800 bits per heavy atom. The Bertz CT molecular complexity index is 1790. The van der Waals surface area contributed by atoms with E-state index in [4.69, 9.17) is 16.0 Å². The zero-order chi connectivity index (χ0) is 33.0. The minimum atomic E-state index is -2.10. The first-order valence-corrected chi connectivity index (χ1v) is 14.5. The van der Waals surface area contributed by atoms with E-state index in [1.54, 1.807) is 102 Å². The Labute approximate surface area is 261 Å². The highest BCUT2D eigenvalue weighted by molar-refractivity contribution is 6.08. The van der Waals surface area contributed by atoms with Gasteiger partial charge in [0.1, 0.15) is 16.7 Å². The lowest BCUT2D eigenvalue weighted by molar-refractivity contribution is -0.186. The second-order valence-electron chi connectivity index (χ2n) is 12.8. The van der Waals surface area contributed by atoms with Gasteiger partial charge < -0.3 is 9.47 Å². The first-order valence-electron chi connectivity index (χ1n) is 14.5. The van der Waals surface area contributed by atoms with Crippen LogP contribution in [0.25, 0.3) is 26.9 Å². The average Bonchev–Trinajstić information content (AvgIpc) is 2.98. The number of hydrogen-bond acceptors (Lipinski definition) is 8. The van der Waals surface area contributed by atoms with Crippen molar-refractivity contribution >= 4 is 34.3 Å². The number of benzene rings is 3. The molecule has 0 amide bonds. The van der Waals surface area contributed by atoms with Gasteiger partial charge in [-0.2, -0.15) is 0 Å². The number of ketones is 1. The highest BCUT2D eigenvalue weighted by atomic mass is 16.6. The lowest BCUT2D eigenvalue weighted by Gasteiger charge is -2.34. The maximum Gasteiger partial charge on any atom is 0.324 e. The van der Waals surface area contributed by atoms with Gasteiger partial charge in [0.25, 0.3) is 5.56 Å². The summed E-state index contributed by atoms with van der Waals surface area (Å²) >= 11 is 0. The zero-order valence-electron chi connectivity index (χ0n) is 26.3. The van der Waals surface area contributed by atoms with Crippen LogP contribution in [0.2, 0.25) is 0 Å². The number of fused-ring (bicyclic) bond motifs is 1. The summed E-state index contributed by atoms with van der Waals surface area (Å²) in [6.45, 7) is 16.9. The summed E-state index contributed by atoms with van der Waals surface area (Å²) < 4.78 is 12.5. The number of Topliss-reactive ketones (excluding diaryl/α,β-unsaturated/α-hetero) is 1. The molecule has 4 aromatic rings. The number of aryl methyl sites for hydroxylation is 1. The van der Waals surface area contributed by atoms with Crippen LogP contribution >= 0.6 is 0 Å². The number of aromatic nitrogens is 3. The largest absolute Gasteiger partial charge is 0.459 e. The molecule has 0 spiro atoms. The maximum absolute atomic E-state index is 14.0. The molecule has 0 unspecified atom stereocenters. The van der Waals surface area contributed by atoms with E-state index in [9.17, 15) is 19.2 Å². The summed E-state index contributed by atoms with van der Waals surface area (Å²) in [5, 5.41) is 8.44. The number of ether oxygens (including phenoxy) is 2. The van der Waals surface area contributed by atoms with Crippen LogP contribution in [0.5, 0.6) is 0 Å². The third-order valence-corrected chi connectivity index (χ3v) is 6.96. The fourth-order valence-electron chi connectivity index (χ4n) is 4.69. The van der Waals surface area contributed by atoms with Crippen LogP contribution in [-0.2, 0) is 25.6 Å². The van der Waals surface area contributed by atoms with E-state index in [0.717, 1.165) is 15.8 Å². The molecule has 0 fully saturated rings. The van der Waals surface area contributed by atoms with Gasteiger partial charge in [0.15, 0.2) is 16.9 Å². The lowest BCUT2D eigenvalue weighted by atomic mass is 9.77. The van der Waals surface area contributed by atoms with Crippen molar-refractivity contribution in [3.05, 3.63) is 100 Å². The second kappa shape index (κ2) is 12.8. The van der Waals surface area contributed by atoms with Gasteiger partial charge in [0.2, 0.25) is 0 Å². The summed E-state index contributed by atoms with van der Waals surface area (Å²) in [7, 11) is 0. The molecule has 1 aromatic heterocycles. The zero-order valence-corrected chi connectivity index (χ0v) is 26.3. The van der Waals surface area contributed by atoms with E-state index in [1.165, 1.54) is 0 Å². The molecular formula is C35H36N4O6. The molecule has 3 aromatic carbocycles. The number of nitrogens with zero attached hydrogens (tertiary/aromatic N) is 4. The second-order valence-corrected chi connectivity index (χ2v) is 12.8. The standard InChI is InChI=1S/C35H36N4O6/c1-33(2,3)44-31(42)35(32(43)45-34(4,5)6,20-21-39-30(41)27-10-8-9-11-28(27)37-38-39)22-29(40)25-14-12-23(13-15-25)24-16-18-26(36-7)19-17-24/h8-19H,20-22H2,1-6H3. The number of carbonyl (C=O) groups is 3. The van der Waals surface area contributed by atoms with Crippen LogP contribution in [-0.4, -0.2) is 43.9 Å². The molecule has 0 atom stereocenters. The number of carbonyl (C=O) groups excluding carboxylic acids is 3. The van der Waals surface area contributed by atoms with Crippen LogP contribution < -0.4 is 5.56 Å². The van der Waals surface area contributed by atoms with Gasteiger partial charge >= 0.3 is 11.9 Å². The van der Waals surface area contributed by atoms with E-state index < -0.39 is 46.3 Å². The van der Waals surface area contributed by atoms with Crippen molar-refractivity contribution < 1.29 is 23.9 Å². The number of esters is 2. The molecule has 232 valence electrons. The average molecular weight is 609 g/mol. The highest BCUT2D eigenvalue weighted by Gasteiger charge is 2.52. The van der Waals surface area contributed by atoms with Crippen LogP contribution in [0.1, 0.15) is 64.7 Å². The van der Waals surface area contributed by atoms with E-state index in [1.807, 2.05) is 12.1 Å². The van der Waals surface area contributed by atoms with E-state index in [0.29, 0.717) is 16.6 Å². The fourth-order valence-corrected chi connectivity index (χ4v) is 4.69. The van der Waals surface area contributed by atoms with Crippen molar-refractivity contribution in [2.75, 3.05) is 0 Å². The molecule has 10 nitrogen and oxygen atoms in total. The maximum atomic E-state index is 14.0. The molecule has 0 aliphatic rings. The summed E-state index contributed by atoms with van der Waals surface area (Å²) in [5.74, 6) is -2.36. The molecule has 0 saturated heterocycles. The first-order chi connectivity index (χ1) is 21.1. The molecule has 0 N–H and O–H groups in total. The van der Waals surface area contributed by atoms with E-state index in [2.05, 4.69) is 15.2 Å². The SMILES string of the molecule is [C-]#[N+]c1ccc(-c2ccc(C(=O)CC(CCn3nnc4ccccc4c3=O)(C(=O)OC(C)(C)C)C(=O)OC(C)(C)C)cc2)cc1. The van der Waals surface area contributed by atoms with Crippen LogP contribution in [0.15, 0.2) is 77.6 Å². The predicted molar refractivity (Wildman–Crippen MR) is 170 cm³/mol. The smallest absolute Gasteiger partial charge is 0.324 e. The molecule has 10 heteroatoms. The topological polar surface area (TPSA) is 122 Å². The number of hydrogen-bond donors (Lipinski definition) is 0. The van der Waals surface area contributed by atoms with Crippen molar-refractivity contribution in [1.29, 1.82) is 0 Å². The van der Waals surface area contributed by atoms with Crippen molar-refractivity contribution in [3.8, 4) is 11.1 Å². The summed E-state index contributed by atoms with van der Waals surface area (Å²) in [6.07, 6.45) is -0.868. The van der Waals surface area contributed by atoms with Crippen molar-refractivity contribution in [2.45, 2.75) is 72.1 Å². The first kappa shape index (κ1) is 32.7. The molecule has 0 aliphatic heterocycles. The predicted octanol–water partition coefficient (Wildman–Crippen LogP) is 6.34. The molecule has 0 radical (unpaired) electrons. The Balaban J connectivity index is 1.73. The molecule has 45 heavy (non-hydrogen) atoms. The molecule has 0 bridgehead atoms. The number of rotatable bonds is 9. The Hall–Kier alpha value is -5.17. The van der Waals surface area contributed by atoms with Gasteiger partial charge in [0.05, 0.1) is 12.0 Å². The van der Waals surface area contributed by atoms with E-state index >= 15 is 0 Å². The van der Waals surface area contributed by atoms with Gasteiger partial charge in [-0.15, -0.1) is 5.10 Å². The Kier molecular flexibility index (Phi) is 9.33. The minimum Gasteiger partial charge on any atom is -0.459 e. The fraction of sp³-hybridized carbons (Fsp3) is 0.343.